The van der Waals surface area contributed by atoms with Crippen LogP contribution in [0.25, 0.3) is 5.69 Å². The number of ether oxygens (including phenoxy) is 2. The smallest absolute Gasteiger partial charge is 0.204 e. The molecule has 108 valence electrons. The van der Waals surface area contributed by atoms with Gasteiger partial charge in [-0.15, -0.1) is 5.10 Å². The first-order valence-electron chi connectivity index (χ1n) is 6.26. The van der Waals surface area contributed by atoms with Gasteiger partial charge in [-0.2, -0.15) is 0 Å². The number of aromatic nitrogens is 3. The van der Waals surface area contributed by atoms with Crippen molar-refractivity contribution in [3.8, 4) is 5.69 Å². The van der Waals surface area contributed by atoms with E-state index in [1.807, 2.05) is 13.8 Å². The third-order valence-corrected chi connectivity index (χ3v) is 2.55. The molecule has 0 unspecified atom stereocenters. The van der Waals surface area contributed by atoms with Crippen LogP contribution in [0.15, 0.2) is 24.4 Å². The van der Waals surface area contributed by atoms with E-state index in [2.05, 4.69) is 10.3 Å². The maximum atomic E-state index is 13.7. The molecule has 0 aliphatic heterocycles. The zero-order valence-electron chi connectivity index (χ0n) is 11.2. The Hall–Kier alpha value is -1.86. The number of hydrogen-bond acceptors (Lipinski definition) is 4. The fourth-order valence-electron chi connectivity index (χ4n) is 1.69. The number of hydrogen-bond donors (Lipinski definition) is 0. The molecule has 0 saturated carbocycles. The molecule has 20 heavy (non-hydrogen) atoms. The van der Waals surface area contributed by atoms with E-state index in [0.29, 0.717) is 18.9 Å². The van der Waals surface area contributed by atoms with Crippen LogP contribution >= 0.6 is 0 Å². The average molecular weight is 283 g/mol. The molecule has 0 fully saturated rings. The van der Waals surface area contributed by atoms with Gasteiger partial charge in [0.15, 0.2) is 5.82 Å². The van der Waals surface area contributed by atoms with Crippen LogP contribution in [0.4, 0.5) is 8.78 Å². The summed E-state index contributed by atoms with van der Waals surface area (Å²) in [4.78, 5) is 0. The molecule has 1 aromatic heterocycles. The maximum Gasteiger partial charge on any atom is 0.204 e. The lowest BCUT2D eigenvalue weighted by Gasteiger charge is -2.13. The first kappa shape index (κ1) is 14.5. The Balaban J connectivity index is 2.27. The van der Waals surface area contributed by atoms with Crippen LogP contribution in [0, 0.1) is 11.6 Å². The van der Waals surface area contributed by atoms with E-state index in [4.69, 9.17) is 9.47 Å². The van der Waals surface area contributed by atoms with E-state index in [9.17, 15) is 8.78 Å². The quantitative estimate of drug-likeness (QED) is 0.765. The molecular formula is C13H15F2N3O2. The van der Waals surface area contributed by atoms with E-state index >= 15 is 0 Å². The summed E-state index contributed by atoms with van der Waals surface area (Å²) < 4.78 is 38.5. The number of benzene rings is 1. The van der Waals surface area contributed by atoms with Crippen molar-refractivity contribution in [3.05, 3.63) is 41.7 Å². The molecule has 0 saturated heterocycles. The van der Waals surface area contributed by atoms with Crippen molar-refractivity contribution < 1.29 is 18.3 Å². The van der Waals surface area contributed by atoms with Crippen LogP contribution < -0.4 is 0 Å². The Morgan fingerprint density at radius 2 is 1.90 bits per heavy atom. The highest BCUT2D eigenvalue weighted by Gasteiger charge is 2.17. The predicted molar refractivity (Wildman–Crippen MR) is 67.3 cm³/mol. The third kappa shape index (κ3) is 3.17. The molecule has 0 N–H and O–H groups in total. The van der Waals surface area contributed by atoms with Crippen molar-refractivity contribution >= 4 is 0 Å². The molecule has 0 aliphatic carbocycles. The molecule has 5 nitrogen and oxygen atoms in total. The first-order valence-corrected chi connectivity index (χ1v) is 6.26. The lowest BCUT2D eigenvalue weighted by Crippen LogP contribution is -2.09. The van der Waals surface area contributed by atoms with Gasteiger partial charge in [-0.25, -0.2) is 13.5 Å². The Labute approximate surface area is 115 Å². The molecule has 7 heteroatoms. The Bertz CT molecular complexity index is 568. The lowest BCUT2D eigenvalue weighted by atomic mass is 10.3. The van der Waals surface area contributed by atoms with E-state index < -0.39 is 17.9 Å². The average Bonchev–Trinajstić information content (AvgIpc) is 2.88. The standard InChI is InChI=1S/C13H15F2N3O2/c1-3-19-13(20-4-2)11-8-18(17-16-11)12-6-5-9(14)7-10(12)15/h5-8,13H,3-4H2,1-2H3. The minimum atomic E-state index is -0.717. The summed E-state index contributed by atoms with van der Waals surface area (Å²) in [6.45, 7) is 4.55. The van der Waals surface area contributed by atoms with Gasteiger partial charge in [0.2, 0.25) is 6.29 Å². The predicted octanol–water partition coefficient (Wildman–Crippen LogP) is 2.62. The van der Waals surface area contributed by atoms with Crippen LogP contribution in [-0.4, -0.2) is 28.2 Å². The highest BCUT2D eigenvalue weighted by Crippen LogP contribution is 2.19. The largest absolute Gasteiger partial charge is 0.347 e. The molecule has 0 radical (unpaired) electrons. The summed E-state index contributed by atoms with van der Waals surface area (Å²) in [5.74, 6) is -1.36. The normalized spacial score (nSPS) is 11.2. The Morgan fingerprint density at radius 3 is 2.50 bits per heavy atom. The van der Waals surface area contributed by atoms with Gasteiger partial charge in [-0.3, -0.25) is 0 Å². The minimum Gasteiger partial charge on any atom is -0.347 e. The van der Waals surface area contributed by atoms with Gasteiger partial charge in [0.25, 0.3) is 0 Å². The van der Waals surface area contributed by atoms with Crippen LogP contribution in [0.1, 0.15) is 25.8 Å². The van der Waals surface area contributed by atoms with Gasteiger partial charge in [0, 0.05) is 19.3 Å². The van der Waals surface area contributed by atoms with Gasteiger partial charge in [0.05, 0.1) is 6.20 Å². The summed E-state index contributed by atoms with van der Waals surface area (Å²) in [6.07, 6.45) is 0.842. The highest BCUT2D eigenvalue weighted by atomic mass is 19.1. The fraction of sp³-hybridized carbons (Fsp3) is 0.385. The second-order valence-corrected chi connectivity index (χ2v) is 3.93. The number of halogens is 2. The topological polar surface area (TPSA) is 49.2 Å². The summed E-state index contributed by atoms with van der Waals surface area (Å²) in [5.41, 5.74) is 0.536. The van der Waals surface area contributed by atoms with Gasteiger partial charge in [-0.1, -0.05) is 5.21 Å². The molecular weight excluding hydrogens is 268 g/mol. The zero-order valence-corrected chi connectivity index (χ0v) is 11.2. The minimum absolute atomic E-state index is 0.108. The summed E-state index contributed by atoms with van der Waals surface area (Å²) >= 11 is 0. The zero-order chi connectivity index (χ0) is 14.5. The number of rotatable bonds is 6. The fourth-order valence-corrected chi connectivity index (χ4v) is 1.69. The molecule has 1 heterocycles. The van der Waals surface area contributed by atoms with Crippen molar-refractivity contribution in [1.29, 1.82) is 0 Å². The second-order valence-electron chi connectivity index (χ2n) is 3.93. The van der Waals surface area contributed by atoms with Gasteiger partial charge < -0.3 is 9.47 Å². The van der Waals surface area contributed by atoms with Crippen molar-refractivity contribution in [2.75, 3.05) is 13.2 Å². The molecule has 0 spiro atoms. The summed E-state index contributed by atoms with van der Waals surface area (Å²) in [7, 11) is 0. The Kier molecular flexibility index (Phi) is 4.75. The maximum absolute atomic E-state index is 13.7. The van der Waals surface area contributed by atoms with E-state index in [1.165, 1.54) is 16.9 Å². The van der Waals surface area contributed by atoms with Crippen molar-refractivity contribution in [3.63, 3.8) is 0 Å². The van der Waals surface area contributed by atoms with Gasteiger partial charge in [0.1, 0.15) is 17.2 Å². The first-order chi connectivity index (χ1) is 9.65. The lowest BCUT2D eigenvalue weighted by molar-refractivity contribution is -0.142. The number of nitrogens with zero attached hydrogens (tertiary/aromatic N) is 3. The van der Waals surface area contributed by atoms with Crippen molar-refractivity contribution in [1.82, 2.24) is 15.0 Å². The van der Waals surface area contributed by atoms with Crippen LogP contribution in [0.2, 0.25) is 0 Å². The van der Waals surface area contributed by atoms with Crippen LogP contribution in [0.5, 0.6) is 0 Å². The van der Waals surface area contributed by atoms with E-state index in [1.54, 1.807) is 0 Å². The summed E-state index contributed by atoms with van der Waals surface area (Å²) in [6, 6.07) is 3.24. The molecule has 0 bridgehead atoms. The van der Waals surface area contributed by atoms with Crippen LogP contribution in [0.3, 0.4) is 0 Å². The monoisotopic (exact) mass is 283 g/mol. The van der Waals surface area contributed by atoms with E-state index in [0.717, 1.165) is 12.1 Å². The molecule has 2 rings (SSSR count). The van der Waals surface area contributed by atoms with Crippen molar-refractivity contribution in [2.24, 2.45) is 0 Å². The highest BCUT2D eigenvalue weighted by molar-refractivity contribution is 5.32. The molecule has 0 amide bonds. The molecule has 0 atom stereocenters. The molecule has 0 aliphatic rings. The van der Waals surface area contributed by atoms with Gasteiger partial charge >= 0.3 is 0 Å². The van der Waals surface area contributed by atoms with Crippen molar-refractivity contribution in [2.45, 2.75) is 20.1 Å². The third-order valence-electron chi connectivity index (χ3n) is 2.55. The summed E-state index contributed by atoms with van der Waals surface area (Å²) in [5, 5.41) is 7.70. The Morgan fingerprint density at radius 1 is 1.20 bits per heavy atom. The molecule has 2 aromatic rings. The van der Waals surface area contributed by atoms with Gasteiger partial charge in [-0.05, 0) is 26.0 Å². The SMILES string of the molecule is CCOC(OCC)c1cn(-c2ccc(F)cc2F)nn1. The second kappa shape index (κ2) is 6.53. The van der Waals surface area contributed by atoms with E-state index in [-0.39, 0.29) is 5.69 Å². The molecule has 1 aromatic carbocycles. The van der Waals surface area contributed by atoms with Crippen LogP contribution in [-0.2, 0) is 9.47 Å².